The van der Waals surface area contributed by atoms with Crippen LogP contribution >= 0.6 is 0 Å². The van der Waals surface area contributed by atoms with E-state index < -0.39 is 0 Å². The second-order valence-corrected chi connectivity index (χ2v) is 17.6. The maximum atomic E-state index is 12.8. The summed E-state index contributed by atoms with van der Waals surface area (Å²) in [5.41, 5.74) is 2.52. The monoisotopic (exact) mass is 651 g/mol. The molecule has 0 aromatic carbocycles. The Labute approximate surface area is 292 Å². The third-order valence-electron chi connectivity index (χ3n) is 13.9. The normalized spacial score (nSPS) is 32.7. The molecule has 0 heterocycles. The predicted molar refractivity (Wildman–Crippen MR) is 202 cm³/mol. The highest BCUT2D eigenvalue weighted by atomic mass is 16.6. The third-order valence-corrected chi connectivity index (χ3v) is 13.9. The minimum Gasteiger partial charge on any atom is -0.462 e. The van der Waals surface area contributed by atoms with Crippen LogP contribution in [0.3, 0.4) is 0 Å². The molecule has 0 amide bonds. The van der Waals surface area contributed by atoms with Gasteiger partial charge in [-0.1, -0.05) is 129 Å². The van der Waals surface area contributed by atoms with Crippen LogP contribution < -0.4 is 0 Å². The van der Waals surface area contributed by atoms with Crippen molar-refractivity contribution in [3.8, 4) is 0 Å². The highest BCUT2D eigenvalue weighted by Crippen LogP contribution is 2.67. The van der Waals surface area contributed by atoms with Crippen molar-refractivity contribution in [3.05, 3.63) is 36.0 Å². The molecule has 2 heteroatoms. The molecule has 8 atom stereocenters. The van der Waals surface area contributed by atoms with Gasteiger partial charge in [-0.15, -0.1) is 0 Å². The quantitative estimate of drug-likeness (QED) is 0.0567. The number of hydrogen-bond donors (Lipinski definition) is 0. The average Bonchev–Trinajstić information content (AvgIpc) is 3.40. The fourth-order valence-corrected chi connectivity index (χ4v) is 11.1. The van der Waals surface area contributed by atoms with Gasteiger partial charge in [-0.05, 0) is 130 Å². The third kappa shape index (κ3) is 10.6. The van der Waals surface area contributed by atoms with Gasteiger partial charge in [0.05, 0.1) is 0 Å². The summed E-state index contributed by atoms with van der Waals surface area (Å²) in [7, 11) is 0. The SMILES string of the molecule is CCCCC/C=C\C/C=C\CCCCCCCC(=O)O[13C@H]1CC[C@@]2(C)C(=CC[C@H]3[C@@H]4CC[C@H]([C@H](C)CCCC(C)C)[C@@]4(C)CC[C@@H]32)[13CH2]1. The van der Waals surface area contributed by atoms with Crippen molar-refractivity contribution in [2.24, 2.45) is 46.3 Å². The first-order valence-electron chi connectivity index (χ1n) is 20.9. The number of hydrogen-bond acceptors (Lipinski definition) is 2. The van der Waals surface area contributed by atoms with Crippen molar-refractivity contribution in [2.45, 2.75) is 195 Å². The molecule has 4 aliphatic carbocycles. The average molecular weight is 651 g/mol. The number of unbranched alkanes of at least 4 members (excludes halogenated alkanes) is 8. The zero-order valence-electron chi connectivity index (χ0n) is 32.0. The molecule has 0 unspecified atom stereocenters. The Hall–Kier alpha value is -1.31. The highest BCUT2D eigenvalue weighted by Gasteiger charge is 2.59. The van der Waals surface area contributed by atoms with E-state index in [1.807, 2.05) is 0 Å². The predicted octanol–water partition coefficient (Wildman–Crippen LogP) is 13.8. The molecule has 0 spiro atoms. The molecule has 4 aliphatic rings. The van der Waals surface area contributed by atoms with E-state index in [-0.39, 0.29) is 12.1 Å². The first-order chi connectivity index (χ1) is 22.7. The number of ether oxygens (including phenoxy) is 1. The van der Waals surface area contributed by atoms with Crippen molar-refractivity contribution < 1.29 is 9.53 Å². The van der Waals surface area contributed by atoms with Crippen LogP contribution in [0.25, 0.3) is 0 Å². The van der Waals surface area contributed by atoms with Crippen molar-refractivity contribution in [1.82, 2.24) is 0 Å². The molecule has 3 fully saturated rings. The standard InChI is InChI=1S/C45H76O2/c1-7-8-9-10-11-12-13-14-15-16-17-18-19-20-21-25-43(46)47-38-30-32-44(5)37(34-38)26-27-39-41-29-28-40(36(4)24-22-23-35(2)3)45(41,6)33-31-42(39)44/h11-12,14-15,26,35-36,38-42H,7-10,13,16-25,27-34H2,1-6H3/b12-11-,15-14-/t36-,38+,39+,40-,41+,42+,44+,45-/m1/s1/i34+1,38+1. The molecule has 0 radical (unpaired) electrons. The van der Waals surface area contributed by atoms with Crippen LogP contribution in [-0.2, 0) is 9.53 Å². The van der Waals surface area contributed by atoms with E-state index in [2.05, 4.69) is 71.9 Å². The zero-order chi connectivity index (χ0) is 33.7. The summed E-state index contributed by atoms with van der Waals surface area (Å²) in [6.07, 6.45) is 40.5. The number of carbonyl (C=O) groups excluding carboxylic acids is 1. The fraction of sp³-hybridized carbons (Fsp3) is 0.844. The smallest absolute Gasteiger partial charge is 0.306 e. The molecule has 0 bridgehead atoms. The molecule has 0 aromatic heterocycles. The summed E-state index contributed by atoms with van der Waals surface area (Å²) in [5.74, 6) is 5.30. The second kappa shape index (κ2) is 19.2. The van der Waals surface area contributed by atoms with Crippen LogP contribution in [-0.4, -0.2) is 12.1 Å². The Morgan fingerprint density at radius 3 is 2.30 bits per heavy atom. The topological polar surface area (TPSA) is 26.3 Å². The van der Waals surface area contributed by atoms with Crippen LogP contribution in [0.2, 0.25) is 0 Å². The van der Waals surface area contributed by atoms with Gasteiger partial charge in [-0.2, -0.15) is 0 Å². The highest BCUT2D eigenvalue weighted by molar-refractivity contribution is 5.69. The molecule has 268 valence electrons. The van der Waals surface area contributed by atoms with E-state index in [9.17, 15) is 4.79 Å². The van der Waals surface area contributed by atoms with Gasteiger partial charge in [0, 0.05) is 12.8 Å². The molecule has 0 aromatic rings. The van der Waals surface area contributed by atoms with Gasteiger partial charge < -0.3 is 4.74 Å². The summed E-state index contributed by atoms with van der Waals surface area (Å²) < 4.78 is 6.12. The Morgan fingerprint density at radius 1 is 0.830 bits per heavy atom. The van der Waals surface area contributed by atoms with E-state index in [0.29, 0.717) is 17.3 Å². The zero-order valence-corrected chi connectivity index (χ0v) is 32.0. The molecule has 2 nitrogen and oxygen atoms in total. The summed E-state index contributed by atoms with van der Waals surface area (Å²) in [4.78, 5) is 12.8. The van der Waals surface area contributed by atoms with E-state index in [0.717, 1.165) is 67.6 Å². The molecule has 4 rings (SSSR count). The minimum atomic E-state index is 0.0477. The fourth-order valence-electron chi connectivity index (χ4n) is 11.1. The summed E-state index contributed by atoms with van der Waals surface area (Å²) in [5, 5.41) is 0. The van der Waals surface area contributed by atoms with Crippen molar-refractivity contribution in [1.29, 1.82) is 0 Å². The number of esters is 1. The summed E-state index contributed by atoms with van der Waals surface area (Å²) >= 11 is 0. The minimum absolute atomic E-state index is 0.0477. The maximum Gasteiger partial charge on any atom is 0.306 e. The number of allylic oxidation sites excluding steroid dienone is 5. The molecule has 0 N–H and O–H groups in total. The summed E-state index contributed by atoms with van der Waals surface area (Å²) in [6, 6.07) is 0. The van der Waals surface area contributed by atoms with Gasteiger partial charge in [-0.25, -0.2) is 0 Å². The van der Waals surface area contributed by atoms with E-state index in [1.54, 1.807) is 5.57 Å². The van der Waals surface area contributed by atoms with Gasteiger partial charge in [0.25, 0.3) is 0 Å². The van der Waals surface area contributed by atoms with E-state index >= 15 is 0 Å². The van der Waals surface area contributed by atoms with Crippen molar-refractivity contribution in [2.75, 3.05) is 0 Å². The number of carbonyl (C=O) groups is 1. The van der Waals surface area contributed by atoms with Crippen molar-refractivity contribution >= 4 is 5.97 Å². The lowest BCUT2D eigenvalue weighted by Gasteiger charge is -2.58. The Morgan fingerprint density at radius 2 is 1.55 bits per heavy atom. The molecule has 47 heavy (non-hydrogen) atoms. The van der Waals surface area contributed by atoms with Crippen LogP contribution in [0.4, 0.5) is 0 Å². The van der Waals surface area contributed by atoms with Crippen LogP contribution in [0.15, 0.2) is 36.0 Å². The maximum absolute atomic E-state index is 12.8. The van der Waals surface area contributed by atoms with E-state index in [1.165, 1.54) is 109 Å². The Balaban J connectivity index is 1.13. The molecular formula is C45H76O2. The lowest BCUT2D eigenvalue weighted by molar-refractivity contribution is -0.151. The number of fused-ring (bicyclic) bond motifs is 5. The van der Waals surface area contributed by atoms with Gasteiger partial charge in [0.15, 0.2) is 0 Å². The second-order valence-electron chi connectivity index (χ2n) is 17.6. The first-order valence-corrected chi connectivity index (χ1v) is 20.9. The summed E-state index contributed by atoms with van der Waals surface area (Å²) in [6.45, 7) is 14.9. The largest absolute Gasteiger partial charge is 0.462 e. The van der Waals surface area contributed by atoms with Gasteiger partial charge in [0.2, 0.25) is 0 Å². The Kier molecular flexibility index (Phi) is 15.7. The van der Waals surface area contributed by atoms with Crippen LogP contribution in [0.5, 0.6) is 0 Å². The first kappa shape index (κ1) is 38.5. The number of rotatable bonds is 20. The lowest BCUT2D eigenvalue weighted by Crippen LogP contribution is -2.51. The van der Waals surface area contributed by atoms with Gasteiger partial charge in [0.1, 0.15) is 6.10 Å². The molecule has 0 saturated heterocycles. The van der Waals surface area contributed by atoms with Gasteiger partial charge in [-0.3, -0.25) is 4.79 Å². The molecule has 3 saturated carbocycles. The molecule has 0 aliphatic heterocycles. The lowest BCUT2D eigenvalue weighted by atomic mass is 9.48. The van der Waals surface area contributed by atoms with Crippen molar-refractivity contribution in [3.63, 3.8) is 0 Å². The Bertz CT molecular complexity index is 1020. The van der Waals surface area contributed by atoms with Gasteiger partial charge >= 0.3 is 5.97 Å². The molecular weight excluding hydrogens is 574 g/mol. The van der Waals surface area contributed by atoms with E-state index in [4.69, 9.17) is 4.74 Å². The van der Waals surface area contributed by atoms with Crippen LogP contribution in [0, 0.1) is 46.3 Å². The van der Waals surface area contributed by atoms with Crippen LogP contribution in [0.1, 0.15) is 189 Å².